The SMILES string of the molecule is COc1cc(CNc2cc(Cl)c(O)c(Cl)c2)cc(Cl)c1OCc1ccc(Cl)c(Cl)c1. The average molecular weight is 508 g/mol. The Morgan fingerprint density at radius 2 is 1.47 bits per heavy atom. The molecule has 0 spiro atoms. The zero-order valence-corrected chi connectivity index (χ0v) is 19.4. The van der Waals surface area contributed by atoms with E-state index < -0.39 is 0 Å². The second-order valence-electron chi connectivity index (χ2n) is 6.29. The number of hydrogen-bond donors (Lipinski definition) is 2. The number of phenolic OH excluding ortho intramolecular Hbond substituents is 1. The highest BCUT2D eigenvalue weighted by Crippen LogP contribution is 2.38. The Morgan fingerprint density at radius 3 is 2.10 bits per heavy atom. The van der Waals surface area contributed by atoms with Crippen molar-refractivity contribution < 1.29 is 14.6 Å². The number of ether oxygens (including phenoxy) is 2. The average Bonchev–Trinajstić information content (AvgIpc) is 2.71. The summed E-state index contributed by atoms with van der Waals surface area (Å²) in [6.45, 7) is 0.662. The molecule has 3 aromatic carbocycles. The van der Waals surface area contributed by atoms with Crippen molar-refractivity contribution in [1.29, 1.82) is 0 Å². The van der Waals surface area contributed by atoms with Crippen LogP contribution in [-0.4, -0.2) is 12.2 Å². The van der Waals surface area contributed by atoms with Crippen molar-refractivity contribution >= 4 is 63.7 Å². The minimum Gasteiger partial charge on any atom is -0.505 e. The predicted octanol–water partition coefficient (Wildman–Crippen LogP) is 7.86. The lowest BCUT2D eigenvalue weighted by molar-refractivity contribution is 0.284. The van der Waals surface area contributed by atoms with Gasteiger partial charge in [0.1, 0.15) is 6.61 Å². The van der Waals surface area contributed by atoms with Gasteiger partial charge in [-0.15, -0.1) is 0 Å². The summed E-state index contributed by atoms with van der Waals surface area (Å²) in [6.07, 6.45) is 0. The lowest BCUT2D eigenvalue weighted by Crippen LogP contribution is -2.03. The number of anilines is 1. The van der Waals surface area contributed by atoms with Crippen LogP contribution in [-0.2, 0) is 13.2 Å². The first-order valence-corrected chi connectivity index (χ1v) is 10.5. The first kappa shape index (κ1) is 23.0. The fraction of sp³-hybridized carbons (Fsp3) is 0.143. The Kier molecular flexibility index (Phi) is 7.72. The Labute approximate surface area is 199 Å². The van der Waals surface area contributed by atoms with Crippen molar-refractivity contribution in [2.75, 3.05) is 12.4 Å². The van der Waals surface area contributed by atoms with Crippen LogP contribution in [0.2, 0.25) is 25.1 Å². The number of methoxy groups -OCH3 is 1. The van der Waals surface area contributed by atoms with E-state index in [1.54, 1.807) is 30.3 Å². The first-order chi connectivity index (χ1) is 14.3. The summed E-state index contributed by atoms with van der Waals surface area (Å²) in [5.74, 6) is 0.753. The monoisotopic (exact) mass is 505 g/mol. The quantitative estimate of drug-likeness (QED) is 0.320. The number of nitrogens with one attached hydrogen (secondary N) is 1. The van der Waals surface area contributed by atoms with Crippen LogP contribution < -0.4 is 14.8 Å². The molecule has 0 aliphatic heterocycles. The van der Waals surface area contributed by atoms with Gasteiger partial charge in [-0.1, -0.05) is 64.1 Å². The molecule has 3 aromatic rings. The lowest BCUT2D eigenvalue weighted by Gasteiger charge is -2.15. The smallest absolute Gasteiger partial charge is 0.180 e. The number of rotatable bonds is 7. The maximum absolute atomic E-state index is 9.66. The molecule has 0 unspecified atom stereocenters. The van der Waals surface area contributed by atoms with Gasteiger partial charge in [0, 0.05) is 12.2 Å². The zero-order valence-electron chi connectivity index (χ0n) is 15.6. The molecular formula is C21H16Cl5NO3. The maximum atomic E-state index is 9.66. The van der Waals surface area contributed by atoms with Gasteiger partial charge in [0.05, 0.1) is 32.2 Å². The number of benzene rings is 3. The fourth-order valence-corrected chi connectivity index (χ4v) is 3.77. The Morgan fingerprint density at radius 1 is 0.800 bits per heavy atom. The van der Waals surface area contributed by atoms with Crippen LogP contribution in [0.15, 0.2) is 42.5 Å². The van der Waals surface area contributed by atoms with Gasteiger partial charge in [0.2, 0.25) is 0 Å². The summed E-state index contributed by atoms with van der Waals surface area (Å²) in [4.78, 5) is 0. The summed E-state index contributed by atoms with van der Waals surface area (Å²) in [5.41, 5.74) is 2.34. The molecule has 0 aromatic heterocycles. The molecule has 30 heavy (non-hydrogen) atoms. The Balaban J connectivity index is 1.74. The Hall–Kier alpha value is -1.69. The third-order valence-electron chi connectivity index (χ3n) is 4.17. The molecule has 158 valence electrons. The van der Waals surface area contributed by atoms with Crippen LogP contribution in [0.1, 0.15) is 11.1 Å². The molecular weight excluding hydrogens is 492 g/mol. The van der Waals surface area contributed by atoms with Gasteiger partial charge >= 0.3 is 0 Å². The van der Waals surface area contributed by atoms with Crippen LogP contribution in [0.3, 0.4) is 0 Å². The largest absolute Gasteiger partial charge is 0.505 e. The fourth-order valence-electron chi connectivity index (χ4n) is 2.67. The van der Waals surface area contributed by atoms with E-state index in [0.29, 0.717) is 38.8 Å². The van der Waals surface area contributed by atoms with Crippen molar-refractivity contribution in [3.05, 3.63) is 78.7 Å². The van der Waals surface area contributed by atoms with Crippen LogP contribution >= 0.6 is 58.0 Å². The standard InChI is InChI=1S/C21H16Cl5NO3/c1-29-19-6-12(9-27-13-7-16(24)20(28)17(25)8-13)5-18(26)21(19)30-10-11-2-3-14(22)15(23)4-11/h2-8,27-28H,9-10H2,1H3. The van der Waals surface area contributed by atoms with E-state index >= 15 is 0 Å². The van der Waals surface area contributed by atoms with E-state index in [4.69, 9.17) is 67.5 Å². The molecule has 0 saturated carbocycles. The molecule has 0 fully saturated rings. The van der Waals surface area contributed by atoms with Gasteiger partial charge < -0.3 is 19.9 Å². The summed E-state index contributed by atoms with van der Waals surface area (Å²) in [5, 5.41) is 14.5. The van der Waals surface area contributed by atoms with Gasteiger partial charge in [-0.25, -0.2) is 0 Å². The van der Waals surface area contributed by atoms with E-state index in [9.17, 15) is 5.11 Å². The zero-order chi connectivity index (χ0) is 21.8. The molecule has 4 nitrogen and oxygen atoms in total. The van der Waals surface area contributed by atoms with E-state index in [1.807, 2.05) is 12.1 Å². The molecule has 0 heterocycles. The van der Waals surface area contributed by atoms with Crippen molar-refractivity contribution in [2.45, 2.75) is 13.2 Å². The minimum absolute atomic E-state index is 0.155. The summed E-state index contributed by atoms with van der Waals surface area (Å²) in [6, 6.07) is 12.0. The van der Waals surface area contributed by atoms with E-state index in [-0.39, 0.29) is 22.4 Å². The third kappa shape index (κ3) is 5.51. The number of aromatic hydroxyl groups is 1. The normalized spacial score (nSPS) is 10.7. The molecule has 3 rings (SSSR count). The number of hydrogen-bond acceptors (Lipinski definition) is 4. The Bertz CT molecular complexity index is 1050. The van der Waals surface area contributed by atoms with Crippen molar-refractivity contribution in [3.8, 4) is 17.2 Å². The highest BCUT2D eigenvalue weighted by atomic mass is 35.5. The van der Waals surface area contributed by atoms with Gasteiger partial charge in [0.15, 0.2) is 17.2 Å². The molecule has 0 aliphatic rings. The molecule has 2 N–H and O–H groups in total. The van der Waals surface area contributed by atoms with Crippen LogP contribution in [0, 0.1) is 0 Å². The van der Waals surface area contributed by atoms with Crippen LogP contribution in [0.25, 0.3) is 0 Å². The van der Waals surface area contributed by atoms with Crippen LogP contribution in [0.4, 0.5) is 5.69 Å². The minimum atomic E-state index is -0.155. The topological polar surface area (TPSA) is 50.7 Å². The predicted molar refractivity (Wildman–Crippen MR) is 124 cm³/mol. The molecule has 0 atom stereocenters. The molecule has 0 bridgehead atoms. The second kappa shape index (κ2) is 10.1. The summed E-state index contributed by atoms with van der Waals surface area (Å²) < 4.78 is 11.3. The molecule has 0 saturated heterocycles. The second-order valence-corrected chi connectivity index (χ2v) is 8.32. The van der Waals surface area contributed by atoms with Gasteiger partial charge in [0.25, 0.3) is 0 Å². The number of phenols is 1. The highest BCUT2D eigenvalue weighted by Gasteiger charge is 2.13. The number of halogens is 5. The summed E-state index contributed by atoms with van der Waals surface area (Å²) in [7, 11) is 1.54. The van der Waals surface area contributed by atoms with Crippen molar-refractivity contribution in [3.63, 3.8) is 0 Å². The van der Waals surface area contributed by atoms with E-state index in [0.717, 1.165) is 11.1 Å². The third-order valence-corrected chi connectivity index (χ3v) is 5.77. The first-order valence-electron chi connectivity index (χ1n) is 8.63. The van der Waals surface area contributed by atoms with E-state index in [1.165, 1.54) is 7.11 Å². The molecule has 9 heteroatoms. The summed E-state index contributed by atoms with van der Waals surface area (Å²) >= 11 is 30.3. The maximum Gasteiger partial charge on any atom is 0.180 e. The van der Waals surface area contributed by atoms with Gasteiger partial charge in [-0.05, 0) is 47.5 Å². The van der Waals surface area contributed by atoms with Crippen molar-refractivity contribution in [1.82, 2.24) is 0 Å². The van der Waals surface area contributed by atoms with Crippen molar-refractivity contribution in [2.24, 2.45) is 0 Å². The van der Waals surface area contributed by atoms with E-state index in [2.05, 4.69) is 5.32 Å². The highest BCUT2D eigenvalue weighted by molar-refractivity contribution is 6.42. The van der Waals surface area contributed by atoms with Gasteiger partial charge in [-0.3, -0.25) is 0 Å². The lowest BCUT2D eigenvalue weighted by atomic mass is 10.2. The molecule has 0 aliphatic carbocycles. The molecule has 0 radical (unpaired) electrons. The van der Waals surface area contributed by atoms with Crippen LogP contribution in [0.5, 0.6) is 17.2 Å². The van der Waals surface area contributed by atoms with Gasteiger partial charge in [-0.2, -0.15) is 0 Å². The molecule has 0 amide bonds.